The first-order valence-electron chi connectivity index (χ1n) is 24.3. The fourth-order valence-corrected chi connectivity index (χ4v) is 8.36. The topological polar surface area (TPSA) is 3.24 Å². The number of hydrogen-bond acceptors (Lipinski definition) is 1. The summed E-state index contributed by atoms with van der Waals surface area (Å²) in [6, 6.07) is 61.5. The zero-order valence-corrected chi connectivity index (χ0v) is 33.0. The molecule has 11 aromatic rings. The van der Waals surface area contributed by atoms with Crippen molar-refractivity contribution in [3.63, 3.8) is 0 Å². The molecule has 1 heteroatoms. The molecular weight excluding hydrogens is 735 g/mol. The summed E-state index contributed by atoms with van der Waals surface area (Å²) in [5.74, 6) is 0. The first-order valence-corrected chi connectivity index (χ1v) is 20.3. The summed E-state index contributed by atoms with van der Waals surface area (Å²) in [5, 5.41) is 5.90. The zero-order valence-electron chi connectivity index (χ0n) is 41.0. The Bertz CT molecular complexity index is 3770. The minimum Gasteiger partial charge on any atom is -0.310 e. The zero-order chi connectivity index (χ0) is 47.5. The lowest BCUT2D eigenvalue weighted by Crippen LogP contribution is -2.10. The molecule has 0 amide bonds. The molecule has 11 aromatic carbocycles. The van der Waals surface area contributed by atoms with Gasteiger partial charge in [-0.2, -0.15) is 0 Å². The lowest BCUT2D eigenvalue weighted by molar-refractivity contribution is 1.28. The van der Waals surface area contributed by atoms with Crippen LogP contribution in [0.1, 0.15) is 11.0 Å². The Morgan fingerprint density at radius 1 is 0.262 bits per heavy atom. The van der Waals surface area contributed by atoms with E-state index >= 15 is 0 Å². The molecule has 0 bridgehead atoms. The Morgan fingerprint density at radius 3 is 1.52 bits per heavy atom. The van der Waals surface area contributed by atoms with Gasteiger partial charge in [0.15, 0.2) is 0 Å². The standard InChI is InChI=1S/C60H41N/c1-2-13-46(14-3-1)59-39-34-47-16-7-9-22-58(47)60(59)49-32-37-54(38-33-49)61(55-20-10-19-51(41-55)52-29-26-42-12-4-5-17-50(42)40-52)53-35-30-44(31-36-53)43-24-27-48(28-25-43)57-23-11-18-45-15-6-8-21-56(45)57/h1-41H/i30D,31D,32D,33D,35D,36D,37D,38D. The molecule has 0 saturated heterocycles. The van der Waals surface area contributed by atoms with Crippen LogP contribution >= 0.6 is 0 Å². The van der Waals surface area contributed by atoms with Crippen LogP contribution in [-0.2, 0) is 0 Å². The van der Waals surface area contributed by atoms with E-state index in [1.54, 1.807) is 6.07 Å². The molecule has 0 heterocycles. The van der Waals surface area contributed by atoms with Gasteiger partial charge in [0.05, 0.1) is 11.0 Å². The Balaban J connectivity index is 1.13. The van der Waals surface area contributed by atoms with Crippen LogP contribution in [0.15, 0.2) is 249 Å². The highest BCUT2D eigenvalue weighted by Crippen LogP contribution is 2.42. The molecule has 0 aliphatic carbocycles. The van der Waals surface area contributed by atoms with Crippen LogP contribution in [0, 0.1) is 0 Å². The number of anilines is 3. The highest BCUT2D eigenvalue weighted by Gasteiger charge is 2.17. The van der Waals surface area contributed by atoms with Gasteiger partial charge in [0.1, 0.15) is 0 Å². The van der Waals surface area contributed by atoms with Crippen LogP contribution in [0.4, 0.5) is 17.1 Å². The van der Waals surface area contributed by atoms with E-state index in [-0.39, 0.29) is 46.7 Å². The van der Waals surface area contributed by atoms with E-state index in [9.17, 15) is 11.0 Å². The van der Waals surface area contributed by atoms with Crippen molar-refractivity contribution in [3.8, 4) is 55.6 Å². The van der Waals surface area contributed by atoms with E-state index in [1.807, 2.05) is 170 Å². The number of benzene rings is 11. The maximum Gasteiger partial charge on any atom is 0.0645 e. The predicted molar refractivity (Wildman–Crippen MR) is 261 cm³/mol. The number of hydrogen-bond donors (Lipinski definition) is 0. The van der Waals surface area contributed by atoms with Gasteiger partial charge in [-0.25, -0.2) is 0 Å². The molecule has 286 valence electrons. The Morgan fingerprint density at radius 2 is 0.770 bits per heavy atom. The molecule has 0 atom stereocenters. The largest absolute Gasteiger partial charge is 0.310 e. The van der Waals surface area contributed by atoms with Gasteiger partial charge in [-0.15, -0.1) is 0 Å². The normalized spacial score (nSPS) is 13.1. The van der Waals surface area contributed by atoms with Gasteiger partial charge in [-0.05, 0) is 130 Å². The second-order valence-electron chi connectivity index (χ2n) is 15.1. The smallest absolute Gasteiger partial charge is 0.0645 e. The average molecular weight is 784 g/mol. The van der Waals surface area contributed by atoms with E-state index < -0.39 is 24.2 Å². The SMILES string of the molecule is [2H]c1c([2H])c(N(c2cccc(-c3ccc4ccccc4c3)c2)c2c([2H])c([2H])c(-c3c(-c4ccccc4)ccc4ccccc34)c([2H])c2[2H])c([2H])c([2H])c1-c1ccc(-c2cccc3ccccc23)cc1. The summed E-state index contributed by atoms with van der Waals surface area (Å²) in [4.78, 5) is 1.38. The minimum absolute atomic E-state index is 0.0994. The second-order valence-corrected chi connectivity index (χ2v) is 15.1. The maximum absolute atomic E-state index is 9.86. The molecule has 61 heavy (non-hydrogen) atoms. The van der Waals surface area contributed by atoms with Crippen molar-refractivity contribution in [2.24, 2.45) is 0 Å². The van der Waals surface area contributed by atoms with Crippen LogP contribution in [-0.4, -0.2) is 0 Å². The average Bonchev–Trinajstić information content (AvgIpc) is 3.39. The quantitative estimate of drug-likeness (QED) is 0.148. The van der Waals surface area contributed by atoms with Gasteiger partial charge in [-0.3, -0.25) is 0 Å². The molecular formula is C60H41N. The summed E-state index contributed by atoms with van der Waals surface area (Å²) >= 11 is 0. The first kappa shape index (κ1) is 28.4. The van der Waals surface area contributed by atoms with Gasteiger partial charge in [-0.1, -0.05) is 206 Å². The highest BCUT2D eigenvalue weighted by molar-refractivity contribution is 6.04. The third-order valence-corrected chi connectivity index (χ3v) is 11.4. The Labute approximate surface area is 368 Å². The van der Waals surface area contributed by atoms with E-state index in [0.29, 0.717) is 16.8 Å². The lowest BCUT2D eigenvalue weighted by atomic mass is 9.89. The summed E-state index contributed by atoms with van der Waals surface area (Å²) in [6.07, 6.45) is 0. The molecule has 1 nitrogen and oxygen atoms in total. The highest BCUT2D eigenvalue weighted by atomic mass is 15.1. The van der Waals surface area contributed by atoms with Crippen molar-refractivity contribution in [2.75, 3.05) is 4.90 Å². The number of nitrogens with zero attached hydrogens (tertiary/aromatic N) is 1. The van der Waals surface area contributed by atoms with Gasteiger partial charge in [0.2, 0.25) is 0 Å². The van der Waals surface area contributed by atoms with Crippen molar-refractivity contribution >= 4 is 49.4 Å². The van der Waals surface area contributed by atoms with Crippen LogP contribution in [0.25, 0.3) is 88.0 Å². The molecule has 0 N–H and O–H groups in total. The molecule has 0 saturated carbocycles. The van der Waals surface area contributed by atoms with E-state index in [2.05, 4.69) is 24.3 Å². The van der Waals surface area contributed by atoms with Gasteiger partial charge in [0.25, 0.3) is 0 Å². The summed E-state index contributed by atoms with van der Waals surface area (Å²) in [7, 11) is 0. The number of rotatable bonds is 8. The van der Waals surface area contributed by atoms with Gasteiger partial charge >= 0.3 is 0 Å². The third kappa shape index (κ3) is 6.93. The van der Waals surface area contributed by atoms with Crippen molar-refractivity contribution in [3.05, 3.63) is 249 Å². The second kappa shape index (κ2) is 15.6. The van der Waals surface area contributed by atoms with Gasteiger partial charge in [0, 0.05) is 17.1 Å². The summed E-state index contributed by atoms with van der Waals surface area (Å²) in [6.45, 7) is 0. The molecule has 11 rings (SSSR count). The molecule has 0 unspecified atom stereocenters. The third-order valence-electron chi connectivity index (χ3n) is 11.4. The fourth-order valence-electron chi connectivity index (χ4n) is 8.36. The van der Waals surface area contributed by atoms with Crippen LogP contribution < -0.4 is 4.90 Å². The monoisotopic (exact) mass is 783 g/mol. The van der Waals surface area contributed by atoms with Crippen molar-refractivity contribution in [1.29, 1.82) is 0 Å². The molecule has 0 fully saturated rings. The molecule has 0 aromatic heterocycles. The summed E-state index contributed by atoms with van der Waals surface area (Å²) < 4.78 is 77.8. The van der Waals surface area contributed by atoms with E-state index in [1.165, 1.54) is 4.90 Å². The molecule has 0 aliphatic rings. The predicted octanol–water partition coefficient (Wildman–Crippen LogP) is 17.0. The van der Waals surface area contributed by atoms with Crippen LogP contribution in [0.2, 0.25) is 0 Å². The van der Waals surface area contributed by atoms with E-state index in [4.69, 9.17) is 0 Å². The van der Waals surface area contributed by atoms with E-state index in [0.717, 1.165) is 65.7 Å². The molecule has 0 radical (unpaired) electrons. The maximum atomic E-state index is 9.86. The van der Waals surface area contributed by atoms with Gasteiger partial charge < -0.3 is 4.90 Å². The van der Waals surface area contributed by atoms with Crippen LogP contribution in [0.3, 0.4) is 0 Å². The van der Waals surface area contributed by atoms with Crippen LogP contribution in [0.5, 0.6) is 0 Å². The fraction of sp³-hybridized carbons (Fsp3) is 0. The van der Waals surface area contributed by atoms with Crippen molar-refractivity contribution in [2.45, 2.75) is 0 Å². The van der Waals surface area contributed by atoms with Crippen molar-refractivity contribution in [1.82, 2.24) is 0 Å². The molecule has 0 aliphatic heterocycles. The minimum atomic E-state index is -0.404. The van der Waals surface area contributed by atoms with Crippen molar-refractivity contribution < 1.29 is 11.0 Å². The Hall–Kier alpha value is -8.00. The summed E-state index contributed by atoms with van der Waals surface area (Å²) in [5.41, 5.74) is 6.34. The lowest BCUT2D eigenvalue weighted by Gasteiger charge is -2.27. The first-order chi connectivity index (χ1) is 33.6. The Kier molecular flexibility index (Phi) is 7.29. The molecule has 0 spiro atoms. The number of fused-ring (bicyclic) bond motifs is 3.